The summed E-state index contributed by atoms with van der Waals surface area (Å²) in [6.45, 7) is 16.4. The number of likely N-dealkylation sites (tertiary alicyclic amines) is 2. The third-order valence-corrected chi connectivity index (χ3v) is 7.57. The van der Waals surface area contributed by atoms with Crippen LogP contribution in [-0.2, 0) is 0 Å². The zero-order valence-electron chi connectivity index (χ0n) is 15.5. The Morgan fingerprint density at radius 3 is 2.09 bits per heavy atom. The summed E-state index contributed by atoms with van der Waals surface area (Å²) in [5.74, 6) is 0.928. The van der Waals surface area contributed by atoms with Crippen molar-refractivity contribution in [2.24, 2.45) is 11.3 Å². The van der Waals surface area contributed by atoms with E-state index in [2.05, 4.69) is 44.4 Å². The summed E-state index contributed by atoms with van der Waals surface area (Å²) in [5.41, 5.74) is 2.09. The molecule has 2 saturated carbocycles. The Labute approximate surface area is 137 Å². The van der Waals surface area contributed by atoms with E-state index in [0.717, 1.165) is 11.3 Å². The lowest BCUT2D eigenvalue weighted by Gasteiger charge is -2.43. The van der Waals surface area contributed by atoms with Crippen LogP contribution in [0, 0.1) is 11.3 Å². The van der Waals surface area contributed by atoms with Gasteiger partial charge in [-0.3, -0.25) is 9.80 Å². The van der Waals surface area contributed by atoms with E-state index in [1.807, 2.05) is 0 Å². The molecule has 4 aliphatic rings. The van der Waals surface area contributed by atoms with Crippen LogP contribution in [0.1, 0.15) is 79.6 Å². The molecule has 0 bridgehead atoms. The number of rotatable bonds is 3. The first-order valence-corrected chi connectivity index (χ1v) is 9.70. The first-order chi connectivity index (χ1) is 10.2. The maximum Gasteiger partial charge on any atom is 0.0245 e. The highest BCUT2D eigenvalue weighted by Crippen LogP contribution is 2.59. The number of nitrogens with zero attached hydrogens (tertiary/aromatic N) is 2. The van der Waals surface area contributed by atoms with Crippen molar-refractivity contribution in [2.45, 2.75) is 96.2 Å². The first kappa shape index (κ1) is 15.4. The highest BCUT2D eigenvalue weighted by atomic mass is 15.3. The van der Waals surface area contributed by atoms with Gasteiger partial charge in [0, 0.05) is 23.2 Å². The summed E-state index contributed by atoms with van der Waals surface area (Å²) in [5, 5.41) is 0. The van der Waals surface area contributed by atoms with Crippen LogP contribution in [0.15, 0.2) is 0 Å². The molecule has 2 heterocycles. The summed E-state index contributed by atoms with van der Waals surface area (Å²) < 4.78 is 0. The molecule has 0 aromatic rings. The molecule has 126 valence electrons. The van der Waals surface area contributed by atoms with Crippen molar-refractivity contribution in [1.29, 1.82) is 0 Å². The van der Waals surface area contributed by atoms with E-state index in [-0.39, 0.29) is 0 Å². The Morgan fingerprint density at radius 2 is 1.59 bits per heavy atom. The zero-order chi connectivity index (χ0) is 15.8. The molecule has 4 fully saturated rings. The minimum Gasteiger partial charge on any atom is -0.298 e. The van der Waals surface area contributed by atoms with Crippen molar-refractivity contribution in [3.05, 3.63) is 0 Å². The third-order valence-electron chi connectivity index (χ3n) is 7.57. The van der Waals surface area contributed by atoms with E-state index in [0.29, 0.717) is 16.6 Å². The van der Waals surface area contributed by atoms with Crippen molar-refractivity contribution in [3.8, 4) is 0 Å². The second-order valence-electron chi connectivity index (χ2n) is 10.6. The Hall–Kier alpha value is -0.0800. The van der Waals surface area contributed by atoms with Gasteiger partial charge in [-0.1, -0.05) is 0 Å². The van der Waals surface area contributed by atoms with E-state index in [9.17, 15) is 0 Å². The molecule has 0 N–H and O–H groups in total. The SMILES string of the molecule is CC(C)(C)N1CCC(CC(C)(C)N2CCC3(CC3)C2)C12CC2. The van der Waals surface area contributed by atoms with Gasteiger partial charge in [0.2, 0.25) is 0 Å². The summed E-state index contributed by atoms with van der Waals surface area (Å²) in [7, 11) is 0. The van der Waals surface area contributed by atoms with Crippen LogP contribution in [0.5, 0.6) is 0 Å². The molecule has 0 radical (unpaired) electrons. The van der Waals surface area contributed by atoms with Crippen LogP contribution in [-0.4, -0.2) is 46.1 Å². The molecule has 2 aliphatic carbocycles. The highest BCUT2D eigenvalue weighted by molar-refractivity contribution is 5.16. The van der Waals surface area contributed by atoms with Crippen molar-refractivity contribution in [1.82, 2.24) is 9.80 Å². The van der Waals surface area contributed by atoms with Crippen LogP contribution in [0.2, 0.25) is 0 Å². The van der Waals surface area contributed by atoms with Gasteiger partial charge in [-0.25, -0.2) is 0 Å². The van der Waals surface area contributed by atoms with Gasteiger partial charge in [0.15, 0.2) is 0 Å². The van der Waals surface area contributed by atoms with Gasteiger partial charge in [0.25, 0.3) is 0 Å². The normalized spacial score (nSPS) is 34.0. The maximum absolute atomic E-state index is 2.85. The van der Waals surface area contributed by atoms with E-state index >= 15 is 0 Å². The Morgan fingerprint density at radius 1 is 0.909 bits per heavy atom. The molecule has 2 saturated heterocycles. The lowest BCUT2D eigenvalue weighted by Crippen LogP contribution is -2.50. The van der Waals surface area contributed by atoms with E-state index < -0.39 is 0 Å². The quantitative estimate of drug-likeness (QED) is 0.767. The molecule has 2 spiro atoms. The minimum atomic E-state index is 0.348. The summed E-state index contributed by atoms with van der Waals surface area (Å²) >= 11 is 0. The van der Waals surface area contributed by atoms with Gasteiger partial charge in [-0.15, -0.1) is 0 Å². The molecule has 1 unspecified atom stereocenters. The fourth-order valence-electron chi connectivity index (χ4n) is 5.87. The van der Waals surface area contributed by atoms with E-state index in [1.165, 1.54) is 64.6 Å². The molecule has 2 nitrogen and oxygen atoms in total. The van der Waals surface area contributed by atoms with Crippen molar-refractivity contribution >= 4 is 0 Å². The topological polar surface area (TPSA) is 6.48 Å². The molecule has 2 heteroatoms. The average molecular weight is 305 g/mol. The second kappa shape index (κ2) is 4.51. The maximum atomic E-state index is 2.85. The van der Waals surface area contributed by atoms with Crippen LogP contribution < -0.4 is 0 Å². The predicted octanol–water partition coefficient (Wildman–Crippen LogP) is 4.29. The van der Waals surface area contributed by atoms with Crippen LogP contribution in [0.4, 0.5) is 0 Å². The Kier molecular flexibility index (Phi) is 3.16. The van der Waals surface area contributed by atoms with Crippen LogP contribution in [0.3, 0.4) is 0 Å². The van der Waals surface area contributed by atoms with Gasteiger partial charge in [0.1, 0.15) is 0 Å². The van der Waals surface area contributed by atoms with Crippen molar-refractivity contribution < 1.29 is 0 Å². The monoisotopic (exact) mass is 304 g/mol. The number of hydrogen-bond acceptors (Lipinski definition) is 2. The predicted molar refractivity (Wildman–Crippen MR) is 93.1 cm³/mol. The Balaban J connectivity index is 1.45. The largest absolute Gasteiger partial charge is 0.298 e. The van der Waals surface area contributed by atoms with Crippen molar-refractivity contribution in [3.63, 3.8) is 0 Å². The molecule has 22 heavy (non-hydrogen) atoms. The lowest BCUT2D eigenvalue weighted by molar-refractivity contribution is 0.0628. The zero-order valence-corrected chi connectivity index (χ0v) is 15.5. The smallest absolute Gasteiger partial charge is 0.0245 e. The van der Waals surface area contributed by atoms with E-state index in [1.54, 1.807) is 0 Å². The summed E-state index contributed by atoms with van der Waals surface area (Å²) in [6.07, 6.45) is 10.2. The molecule has 0 aromatic heterocycles. The molecular weight excluding hydrogens is 268 g/mol. The lowest BCUT2D eigenvalue weighted by atomic mass is 9.83. The van der Waals surface area contributed by atoms with Crippen LogP contribution in [0.25, 0.3) is 0 Å². The van der Waals surface area contributed by atoms with Crippen LogP contribution >= 0.6 is 0 Å². The third kappa shape index (κ3) is 2.36. The first-order valence-electron chi connectivity index (χ1n) is 9.70. The molecule has 1 atom stereocenters. The highest BCUT2D eigenvalue weighted by Gasteiger charge is 2.60. The van der Waals surface area contributed by atoms with Gasteiger partial charge < -0.3 is 0 Å². The molecule has 0 aromatic carbocycles. The van der Waals surface area contributed by atoms with Gasteiger partial charge in [0.05, 0.1) is 0 Å². The molecular formula is C20H36N2. The van der Waals surface area contributed by atoms with Gasteiger partial charge in [-0.2, -0.15) is 0 Å². The number of hydrogen-bond donors (Lipinski definition) is 0. The molecule has 4 rings (SSSR count). The molecule has 2 aliphatic heterocycles. The summed E-state index contributed by atoms with van der Waals surface area (Å²) in [6, 6.07) is 0. The average Bonchev–Trinajstić information content (AvgIpc) is 3.22. The fourth-order valence-corrected chi connectivity index (χ4v) is 5.87. The second-order valence-corrected chi connectivity index (χ2v) is 10.6. The fraction of sp³-hybridized carbons (Fsp3) is 1.00. The molecule has 0 amide bonds. The van der Waals surface area contributed by atoms with Gasteiger partial charge in [-0.05, 0) is 104 Å². The van der Waals surface area contributed by atoms with E-state index in [4.69, 9.17) is 0 Å². The standard InChI is InChI=1S/C20H36N2/c1-17(2,3)22-12-6-16(20(22)9-10-20)14-18(4,5)21-13-11-19(15-21)7-8-19/h16H,6-15H2,1-5H3. The summed E-state index contributed by atoms with van der Waals surface area (Å²) in [4.78, 5) is 5.70. The van der Waals surface area contributed by atoms with Crippen molar-refractivity contribution in [2.75, 3.05) is 19.6 Å². The van der Waals surface area contributed by atoms with Gasteiger partial charge >= 0.3 is 0 Å². The minimum absolute atomic E-state index is 0.348. The Bertz CT molecular complexity index is 451.